The van der Waals surface area contributed by atoms with Crippen LogP contribution >= 0.6 is 0 Å². The molecule has 0 unspecified atom stereocenters. The van der Waals surface area contributed by atoms with Crippen LogP contribution in [0.3, 0.4) is 0 Å². The lowest BCUT2D eigenvalue weighted by atomic mass is 9.53. The average Bonchev–Trinajstić information content (AvgIpc) is 2.63. The summed E-state index contributed by atoms with van der Waals surface area (Å²) in [5.41, 5.74) is 1.02. The van der Waals surface area contributed by atoms with Gasteiger partial charge in [-0.3, -0.25) is 4.79 Å². The third-order valence-corrected chi connectivity index (χ3v) is 6.50. The summed E-state index contributed by atoms with van der Waals surface area (Å²) >= 11 is 0. The Labute approximate surface area is 161 Å². The zero-order valence-electron chi connectivity index (χ0n) is 15.9. The highest BCUT2D eigenvalue weighted by atomic mass is 16.5. The van der Waals surface area contributed by atoms with Gasteiger partial charge in [0.25, 0.3) is 0 Å². The molecule has 27 heavy (non-hydrogen) atoms. The van der Waals surface area contributed by atoms with Crippen LogP contribution in [0.1, 0.15) is 56.9 Å². The summed E-state index contributed by atoms with van der Waals surface area (Å²) in [4.78, 5) is 24.2. The van der Waals surface area contributed by atoms with Crippen molar-refractivity contribution in [2.45, 2.75) is 63.5 Å². The fourth-order valence-electron chi connectivity index (χ4n) is 5.79. The van der Waals surface area contributed by atoms with Crippen LogP contribution < -0.4 is 10.6 Å². The first-order chi connectivity index (χ1) is 13.1. The molecule has 2 N–H and O–H groups in total. The van der Waals surface area contributed by atoms with Gasteiger partial charge >= 0.3 is 12.0 Å². The minimum atomic E-state index is -0.220. The minimum absolute atomic E-state index is 0.0352. The minimum Gasteiger partial charge on any atom is -0.461 e. The smallest absolute Gasteiger partial charge is 0.315 e. The van der Waals surface area contributed by atoms with Gasteiger partial charge in [0, 0.05) is 18.5 Å². The highest BCUT2D eigenvalue weighted by molar-refractivity contribution is 5.75. The molecule has 2 amide bonds. The molecule has 146 valence electrons. The predicted octanol–water partition coefficient (Wildman–Crippen LogP) is 3.78. The van der Waals surface area contributed by atoms with E-state index in [4.69, 9.17) is 4.74 Å². The molecule has 0 radical (unpaired) electrons. The molecule has 0 heterocycles. The van der Waals surface area contributed by atoms with Crippen LogP contribution in [0.15, 0.2) is 30.3 Å². The number of rotatable bonds is 7. The van der Waals surface area contributed by atoms with Gasteiger partial charge in [0.2, 0.25) is 0 Å². The van der Waals surface area contributed by atoms with E-state index in [0.29, 0.717) is 26.0 Å². The van der Waals surface area contributed by atoms with E-state index in [1.54, 1.807) is 0 Å². The quantitative estimate of drug-likeness (QED) is 0.567. The average molecular weight is 370 g/mol. The third-order valence-electron chi connectivity index (χ3n) is 6.50. The Bertz CT molecular complexity index is 638. The number of nitrogens with one attached hydrogen (secondary N) is 2. The van der Waals surface area contributed by atoms with E-state index in [1.165, 1.54) is 19.3 Å². The van der Waals surface area contributed by atoms with Crippen molar-refractivity contribution < 1.29 is 14.3 Å². The zero-order chi connectivity index (χ0) is 18.7. The maximum Gasteiger partial charge on any atom is 0.315 e. The van der Waals surface area contributed by atoms with Crippen molar-refractivity contribution in [3.8, 4) is 0 Å². The number of amides is 2. The highest BCUT2D eigenvalue weighted by Gasteiger charge is 2.51. The molecule has 4 aliphatic carbocycles. The molecule has 0 spiro atoms. The Morgan fingerprint density at radius 2 is 1.63 bits per heavy atom. The summed E-state index contributed by atoms with van der Waals surface area (Å²) in [6.07, 6.45) is 8.48. The molecular formula is C22H30N2O3. The first kappa shape index (κ1) is 18.3. The van der Waals surface area contributed by atoms with Gasteiger partial charge < -0.3 is 15.4 Å². The summed E-state index contributed by atoms with van der Waals surface area (Å²) in [6, 6.07) is 9.58. The van der Waals surface area contributed by atoms with Gasteiger partial charge in [-0.25, -0.2) is 4.79 Å². The van der Waals surface area contributed by atoms with E-state index in [-0.39, 0.29) is 17.5 Å². The van der Waals surface area contributed by atoms with Crippen molar-refractivity contribution in [1.82, 2.24) is 10.6 Å². The molecular weight excluding hydrogens is 340 g/mol. The molecule has 5 rings (SSSR count). The Morgan fingerprint density at radius 1 is 1.00 bits per heavy atom. The van der Waals surface area contributed by atoms with Crippen molar-refractivity contribution in [2.24, 2.45) is 17.8 Å². The molecule has 5 nitrogen and oxygen atoms in total. The summed E-state index contributed by atoms with van der Waals surface area (Å²) in [5, 5.41) is 6.22. The van der Waals surface area contributed by atoms with Gasteiger partial charge in [-0.1, -0.05) is 30.3 Å². The highest BCUT2D eigenvalue weighted by Crippen LogP contribution is 2.55. The van der Waals surface area contributed by atoms with Crippen LogP contribution in [-0.4, -0.2) is 24.1 Å². The first-order valence-corrected chi connectivity index (χ1v) is 10.4. The Morgan fingerprint density at radius 3 is 2.26 bits per heavy atom. The largest absolute Gasteiger partial charge is 0.461 e. The molecule has 0 saturated heterocycles. The van der Waals surface area contributed by atoms with Crippen molar-refractivity contribution >= 4 is 12.0 Å². The molecule has 4 saturated carbocycles. The fourth-order valence-corrected chi connectivity index (χ4v) is 5.79. The lowest BCUT2D eigenvalue weighted by molar-refractivity contribution is -0.145. The predicted molar refractivity (Wildman–Crippen MR) is 103 cm³/mol. The summed E-state index contributed by atoms with van der Waals surface area (Å²) in [5.74, 6) is 2.23. The van der Waals surface area contributed by atoms with Crippen molar-refractivity contribution in [2.75, 3.05) is 6.54 Å². The monoisotopic (exact) mass is 370 g/mol. The topological polar surface area (TPSA) is 67.4 Å². The molecule has 4 aliphatic rings. The van der Waals surface area contributed by atoms with Crippen LogP contribution in [0.2, 0.25) is 0 Å². The maximum absolute atomic E-state index is 12.3. The van der Waals surface area contributed by atoms with E-state index < -0.39 is 0 Å². The molecule has 1 aromatic carbocycles. The third kappa shape index (κ3) is 4.63. The number of benzene rings is 1. The van der Waals surface area contributed by atoms with E-state index >= 15 is 0 Å². The lowest BCUT2D eigenvalue weighted by Crippen LogP contribution is -2.61. The normalized spacial score (nSPS) is 30.7. The van der Waals surface area contributed by atoms with Crippen molar-refractivity contribution in [3.05, 3.63) is 35.9 Å². The Hall–Kier alpha value is -2.04. The molecule has 0 aromatic heterocycles. The number of hydrogen-bond donors (Lipinski definition) is 2. The van der Waals surface area contributed by atoms with Crippen molar-refractivity contribution in [1.29, 1.82) is 0 Å². The molecule has 1 aromatic rings. The van der Waals surface area contributed by atoms with Crippen LogP contribution in [0.4, 0.5) is 4.79 Å². The molecule has 0 aliphatic heterocycles. The number of carbonyl (C=O) groups is 2. The van der Waals surface area contributed by atoms with Crippen LogP contribution in [-0.2, 0) is 16.1 Å². The first-order valence-electron chi connectivity index (χ1n) is 10.4. The van der Waals surface area contributed by atoms with Crippen LogP contribution in [0, 0.1) is 17.8 Å². The van der Waals surface area contributed by atoms with E-state index in [0.717, 1.165) is 42.6 Å². The standard InChI is InChI=1S/C22H30N2O3/c25-20(27-15-16-5-2-1-3-6-16)7-4-8-23-21(26)24-22-12-17-9-18(13-22)11-19(10-17)14-22/h1-3,5-6,17-19H,4,7-15H2,(H2,23,24,26). The number of carbonyl (C=O) groups excluding carboxylic acids is 2. The molecule has 5 heteroatoms. The van der Waals surface area contributed by atoms with E-state index in [1.807, 2.05) is 30.3 Å². The zero-order valence-corrected chi connectivity index (χ0v) is 15.9. The second-order valence-corrected chi connectivity index (χ2v) is 8.83. The molecule has 4 bridgehead atoms. The summed E-state index contributed by atoms with van der Waals surface area (Å²) < 4.78 is 5.26. The van der Waals surface area contributed by atoms with Gasteiger partial charge in [-0.15, -0.1) is 0 Å². The van der Waals surface area contributed by atoms with Gasteiger partial charge in [-0.05, 0) is 68.3 Å². The van der Waals surface area contributed by atoms with Crippen LogP contribution in [0.5, 0.6) is 0 Å². The van der Waals surface area contributed by atoms with E-state index in [9.17, 15) is 9.59 Å². The maximum atomic E-state index is 12.3. The number of esters is 1. The second-order valence-electron chi connectivity index (χ2n) is 8.83. The van der Waals surface area contributed by atoms with Gasteiger partial charge in [-0.2, -0.15) is 0 Å². The molecule has 0 atom stereocenters. The molecule has 4 fully saturated rings. The Kier molecular flexibility index (Phi) is 5.37. The number of ether oxygens (including phenoxy) is 1. The van der Waals surface area contributed by atoms with E-state index in [2.05, 4.69) is 10.6 Å². The lowest BCUT2D eigenvalue weighted by Gasteiger charge is -2.56. The van der Waals surface area contributed by atoms with Crippen LogP contribution in [0.25, 0.3) is 0 Å². The Balaban J connectivity index is 1.13. The van der Waals surface area contributed by atoms with Gasteiger partial charge in [0.15, 0.2) is 0 Å². The number of urea groups is 1. The fraction of sp³-hybridized carbons (Fsp3) is 0.636. The van der Waals surface area contributed by atoms with Crippen molar-refractivity contribution in [3.63, 3.8) is 0 Å². The van der Waals surface area contributed by atoms with Gasteiger partial charge in [0.1, 0.15) is 6.61 Å². The summed E-state index contributed by atoms with van der Waals surface area (Å²) in [7, 11) is 0. The van der Waals surface area contributed by atoms with Gasteiger partial charge in [0.05, 0.1) is 0 Å². The summed E-state index contributed by atoms with van der Waals surface area (Å²) in [6.45, 7) is 0.804. The number of hydrogen-bond acceptors (Lipinski definition) is 3. The second kappa shape index (κ2) is 7.91. The SMILES string of the molecule is O=C(NCCCC(=O)OCc1ccccc1)NC12CC3CC(CC(C3)C1)C2.